The Morgan fingerprint density at radius 2 is 1.70 bits per heavy atom. The van der Waals surface area contributed by atoms with E-state index in [1.54, 1.807) is 17.8 Å². The summed E-state index contributed by atoms with van der Waals surface area (Å²) in [5.74, 6) is 0.864. The van der Waals surface area contributed by atoms with Crippen molar-refractivity contribution in [3.63, 3.8) is 0 Å². The molecule has 0 spiro atoms. The molecule has 0 aliphatic carbocycles. The Kier molecular flexibility index (Phi) is 6.40. The fourth-order valence-electron chi connectivity index (χ4n) is 3.57. The van der Waals surface area contributed by atoms with Crippen LogP contribution in [0.25, 0.3) is 10.8 Å². The van der Waals surface area contributed by atoms with Crippen LogP contribution in [-0.4, -0.2) is 14.7 Å². The van der Waals surface area contributed by atoms with Crippen molar-refractivity contribution in [2.24, 2.45) is 0 Å². The highest BCUT2D eigenvalue weighted by Crippen LogP contribution is 2.38. The fraction of sp³-hybridized carbons (Fsp3) is 0.208. The van der Waals surface area contributed by atoms with Gasteiger partial charge in [0.25, 0.3) is 0 Å². The minimum Gasteiger partial charge on any atom is -0.388 e. The summed E-state index contributed by atoms with van der Waals surface area (Å²) in [6, 6.07) is 20.2. The van der Waals surface area contributed by atoms with Gasteiger partial charge in [-0.15, -0.1) is 0 Å². The largest absolute Gasteiger partial charge is 0.388 e. The van der Waals surface area contributed by atoms with Gasteiger partial charge in [-0.25, -0.2) is 4.98 Å². The highest BCUT2D eigenvalue weighted by Gasteiger charge is 2.21. The Hall–Kier alpha value is -1.98. The van der Waals surface area contributed by atoms with E-state index in [0.717, 1.165) is 15.6 Å². The third-order valence-electron chi connectivity index (χ3n) is 4.97. The van der Waals surface area contributed by atoms with Crippen LogP contribution in [0.3, 0.4) is 0 Å². The number of rotatable bonds is 6. The van der Waals surface area contributed by atoms with Gasteiger partial charge >= 0.3 is 0 Å². The van der Waals surface area contributed by atoms with Crippen molar-refractivity contribution in [2.45, 2.75) is 42.8 Å². The SMILES string of the molecule is CC(C)c1nc(CO)n(Cc2cccc3ccccc23)c1Sc1cc(Cl)cc(Cl)c1. The number of benzene rings is 3. The van der Waals surface area contributed by atoms with Gasteiger partial charge in [-0.3, -0.25) is 0 Å². The van der Waals surface area contributed by atoms with Crippen molar-refractivity contribution in [2.75, 3.05) is 0 Å². The average molecular weight is 457 g/mol. The van der Waals surface area contributed by atoms with E-state index >= 15 is 0 Å². The van der Waals surface area contributed by atoms with E-state index in [-0.39, 0.29) is 12.5 Å². The molecule has 3 aromatic carbocycles. The third-order valence-corrected chi connectivity index (χ3v) is 6.50. The molecule has 0 fully saturated rings. The molecule has 4 rings (SSSR count). The predicted molar refractivity (Wildman–Crippen MR) is 126 cm³/mol. The molecule has 154 valence electrons. The fourth-order valence-corrected chi connectivity index (χ4v) is 5.49. The van der Waals surface area contributed by atoms with Gasteiger partial charge in [0.2, 0.25) is 0 Å². The molecule has 30 heavy (non-hydrogen) atoms. The van der Waals surface area contributed by atoms with E-state index in [4.69, 9.17) is 28.2 Å². The van der Waals surface area contributed by atoms with Crippen LogP contribution in [0.5, 0.6) is 0 Å². The zero-order chi connectivity index (χ0) is 21.3. The van der Waals surface area contributed by atoms with Gasteiger partial charge in [0, 0.05) is 14.9 Å². The number of aliphatic hydroxyl groups excluding tert-OH is 1. The molecule has 0 amide bonds. The van der Waals surface area contributed by atoms with E-state index in [9.17, 15) is 5.11 Å². The Labute approximate surface area is 190 Å². The van der Waals surface area contributed by atoms with E-state index in [1.807, 2.05) is 18.2 Å². The lowest BCUT2D eigenvalue weighted by Crippen LogP contribution is -2.07. The van der Waals surface area contributed by atoms with Crippen LogP contribution in [0, 0.1) is 0 Å². The smallest absolute Gasteiger partial charge is 0.136 e. The zero-order valence-electron chi connectivity index (χ0n) is 16.8. The summed E-state index contributed by atoms with van der Waals surface area (Å²) < 4.78 is 2.11. The first-order valence-corrected chi connectivity index (χ1v) is 11.3. The molecule has 0 unspecified atom stereocenters. The van der Waals surface area contributed by atoms with E-state index in [0.29, 0.717) is 22.4 Å². The molecule has 1 heterocycles. The van der Waals surface area contributed by atoms with Crippen LogP contribution in [0.15, 0.2) is 70.6 Å². The monoisotopic (exact) mass is 456 g/mol. The maximum Gasteiger partial charge on any atom is 0.136 e. The Bertz CT molecular complexity index is 1180. The lowest BCUT2D eigenvalue weighted by atomic mass is 10.0. The van der Waals surface area contributed by atoms with E-state index < -0.39 is 0 Å². The van der Waals surface area contributed by atoms with Crippen LogP contribution in [-0.2, 0) is 13.2 Å². The van der Waals surface area contributed by atoms with Gasteiger partial charge in [0.1, 0.15) is 17.5 Å². The first-order chi connectivity index (χ1) is 14.5. The van der Waals surface area contributed by atoms with Gasteiger partial charge in [-0.1, -0.05) is 91.3 Å². The van der Waals surface area contributed by atoms with Crippen molar-refractivity contribution < 1.29 is 5.11 Å². The van der Waals surface area contributed by atoms with Crippen LogP contribution in [0.1, 0.15) is 36.8 Å². The Balaban J connectivity index is 1.83. The van der Waals surface area contributed by atoms with Crippen LogP contribution >= 0.6 is 35.0 Å². The molecule has 0 saturated heterocycles. The number of fused-ring (bicyclic) bond motifs is 1. The van der Waals surface area contributed by atoms with E-state index in [2.05, 4.69) is 54.8 Å². The maximum atomic E-state index is 10.0. The molecule has 0 saturated carbocycles. The van der Waals surface area contributed by atoms with Crippen molar-refractivity contribution in [3.8, 4) is 0 Å². The molecular weight excluding hydrogens is 435 g/mol. The molecule has 0 radical (unpaired) electrons. The van der Waals surface area contributed by atoms with Crippen molar-refractivity contribution in [1.29, 1.82) is 0 Å². The normalized spacial score (nSPS) is 11.5. The summed E-state index contributed by atoms with van der Waals surface area (Å²) in [5, 5.41) is 14.6. The molecule has 0 bridgehead atoms. The number of aromatic nitrogens is 2. The lowest BCUT2D eigenvalue weighted by Gasteiger charge is -2.15. The Morgan fingerprint density at radius 3 is 2.40 bits per heavy atom. The van der Waals surface area contributed by atoms with Gasteiger partial charge < -0.3 is 9.67 Å². The second-order valence-electron chi connectivity index (χ2n) is 7.46. The molecule has 1 N–H and O–H groups in total. The highest BCUT2D eigenvalue weighted by atomic mass is 35.5. The standard InChI is InChI=1S/C24H22Cl2N2OS/c1-15(2)23-24(30-20-11-18(25)10-19(26)12-20)28(22(14-29)27-23)13-17-8-5-7-16-6-3-4-9-21(16)17/h3-12,15,29H,13-14H2,1-2H3. The molecule has 0 aliphatic rings. The predicted octanol–water partition coefficient (Wildman–Crippen LogP) is 7.16. The second-order valence-corrected chi connectivity index (χ2v) is 9.40. The molecular formula is C24H22Cl2N2OS. The summed E-state index contributed by atoms with van der Waals surface area (Å²) in [7, 11) is 0. The number of imidazole rings is 1. The van der Waals surface area contributed by atoms with Gasteiger partial charge in [0.05, 0.1) is 12.2 Å². The second kappa shape index (κ2) is 9.03. The topological polar surface area (TPSA) is 38.1 Å². The van der Waals surface area contributed by atoms with Crippen LogP contribution < -0.4 is 0 Å². The number of aliphatic hydroxyl groups is 1. The van der Waals surface area contributed by atoms with Gasteiger partial charge in [-0.05, 0) is 40.5 Å². The average Bonchev–Trinajstić information content (AvgIpc) is 3.05. The third kappa shape index (κ3) is 4.37. The van der Waals surface area contributed by atoms with Crippen molar-refractivity contribution >= 4 is 45.7 Å². The molecule has 6 heteroatoms. The van der Waals surface area contributed by atoms with Crippen LogP contribution in [0.4, 0.5) is 0 Å². The Morgan fingerprint density at radius 1 is 1.00 bits per heavy atom. The first-order valence-electron chi connectivity index (χ1n) is 9.77. The molecule has 4 aromatic rings. The quantitative estimate of drug-likeness (QED) is 0.334. The van der Waals surface area contributed by atoms with Crippen LogP contribution in [0.2, 0.25) is 10.0 Å². The summed E-state index contributed by atoms with van der Waals surface area (Å²) >= 11 is 14.0. The zero-order valence-corrected chi connectivity index (χ0v) is 19.1. The molecule has 3 nitrogen and oxygen atoms in total. The summed E-state index contributed by atoms with van der Waals surface area (Å²) in [6.07, 6.45) is 0. The highest BCUT2D eigenvalue weighted by molar-refractivity contribution is 7.99. The summed E-state index contributed by atoms with van der Waals surface area (Å²) in [4.78, 5) is 5.71. The number of nitrogens with zero attached hydrogens (tertiary/aromatic N) is 2. The summed E-state index contributed by atoms with van der Waals surface area (Å²) in [6.45, 7) is 4.72. The van der Waals surface area contributed by atoms with Crippen molar-refractivity contribution in [3.05, 3.63) is 87.8 Å². The molecule has 0 aliphatic heterocycles. The van der Waals surface area contributed by atoms with Crippen molar-refractivity contribution in [1.82, 2.24) is 9.55 Å². The minimum absolute atomic E-state index is 0.124. The summed E-state index contributed by atoms with van der Waals surface area (Å²) in [5.41, 5.74) is 2.14. The lowest BCUT2D eigenvalue weighted by molar-refractivity contribution is 0.265. The van der Waals surface area contributed by atoms with E-state index in [1.165, 1.54) is 16.3 Å². The molecule has 1 aromatic heterocycles. The number of hydrogen-bond donors (Lipinski definition) is 1. The molecule has 0 atom stereocenters. The minimum atomic E-state index is -0.124. The number of hydrogen-bond acceptors (Lipinski definition) is 3. The first kappa shape index (κ1) is 21.3. The number of halogens is 2. The maximum absolute atomic E-state index is 10.0. The van der Waals surface area contributed by atoms with Gasteiger partial charge in [0.15, 0.2) is 0 Å². The van der Waals surface area contributed by atoms with Gasteiger partial charge in [-0.2, -0.15) is 0 Å².